The predicted octanol–water partition coefficient (Wildman–Crippen LogP) is 3.15. The van der Waals surface area contributed by atoms with Gasteiger partial charge in [-0.15, -0.1) is 11.3 Å². The maximum atomic E-state index is 12.3. The van der Waals surface area contributed by atoms with E-state index in [1.807, 2.05) is 13.8 Å². The van der Waals surface area contributed by atoms with E-state index in [1.165, 1.54) is 36.1 Å². The quantitative estimate of drug-likeness (QED) is 0.896. The minimum Gasteiger partial charge on any atom is -0.394 e. The summed E-state index contributed by atoms with van der Waals surface area (Å²) in [6, 6.07) is 1.90. The Labute approximate surface area is 125 Å². The lowest BCUT2D eigenvalue weighted by Gasteiger charge is -2.19. The van der Waals surface area contributed by atoms with Crippen LogP contribution in [0.15, 0.2) is 6.07 Å². The van der Waals surface area contributed by atoms with Gasteiger partial charge in [0.1, 0.15) is 0 Å². The summed E-state index contributed by atoms with van der Waals surface area (Å²) < 4.78 is 0. The molecular formula is C16H25NO2S. The first-order valence-corrected chi connectivity index (χ1v) is 8.46. The summed E-state index contributed by atoms with van der Waals surface area (Å²) in [7, 11) is 0. The van der Waals surface area contributed by atoms with Crippen LogP contribution in [0.4, 0.5) is 0 Å². The number of thiophene rings is 1. The molecule has 0 fully saturated rings. The third kappa shape index (κ3) is 3.83. The van der Waals surface area contributed by atoms with Gasteiger partial charge >= 0.3 is 0 Å². The number of fused-ring (bicyclic) bond motifs is 1. The van der Waals surface area contributed by atoms with E-state index < -0.39 is 0 Å². The lowest BCUT2D eigenvalue weighted by molar-refractivity contribution is 0.0901. The highest BCUT2D eigenvalue weighted by Crippen LogP contribution is 2.28. The number of aryl methyl sites for hydroxylation is 2. The van der Waals surface area contributed by atoms with Gasteiger partial charge < -0.3 is 10.4 Å². The Kier molecular flexibility index (Phi) is 5.61. The number of aliphatic hydroxyl groups is 1. The van der Waals surface area contributed by atoms with Gasteiger partial charge in [0.2, 0.25) is 0 Å². The number of nitrogens with one attached hydrogen (secondary N) is 1. The van der Waals surface area contributed by atoms with Crippen molar-refractivity contribution in [3.8, 4) is 0 Å². The SMILES string of the molecule is CC(C)C(CO)NC(=O)c1cc2c(s1)CCCCCC2. The fraction of sp³-hybridized carbons (Fsp3) is 0.688. The predicted molar refractivity (Wildman–Crippen MR) is 83.4 cm³/mol. The molecule has 1 aliphatic rings. The fourth-order valence-corrected chi connectivity index (χ4v) is 3.78. The van der Waals surface area contributed by atoms with Gasteiger partial charge in [-0.25, -0.2) is 0 Å². The molecule has 0 aliphatic heterocycles. The van der Waals surface area contributed by atoms with E-state index in [0.717, 1.165) is 17.7 Å². The summed E-state index contributed by atoms with van der Waals surface area (Å²) in [5.41, 5.74) is 1.37. The molecule has 0 radical (unpaired) electrons. The number of carbonyl (C=O) groups is 1. The smallest absolute Gasteiger partial charge is 0.261 e. The normalized spacial score (nSPS) is 17.2. The molecule has 2 rings (SSSR count). The molecule has 0 saturated carbocycles. The molecule has 0 saturated heterocycles. The van der Waals surface area contributed by atoms with Gasteiger partial charge in [0.15, 0.2) is 0 Å². The zero-order chi connectivity index (χ0) is 14.5. The molecule has 1 atom stereocenters. The minimum absolute atomic E-state index is 0.00546. The molecule has 0 bridgehead atoms. The molecular weight excluding hydrogens is 270 g/mol. The van der Waals surface area contributed by atoms with E-state index in [4.69, 9.17) is 0 Å². The van der Waals surface area contributed by atoms with Crippen molar-refractivity contribution in [2.24, 2.45) is 5.92 Å². The van der Waals surface area contributed by atoms with E-state index in [-0.39, 0.29) is 24.5 Å². The van der Waals surface area contributed by atoms with E-state index in [2.05, 4.69) is 11.4 Å². The zero-order valence-electron chi connectivity index (χ0n) is 12.4. The monoisotopic (exact) mass is 295 g/mol. The lowest BCUT2D eigenvalue weighted by atomic mass is 9.99. The third-order valence-electron chi connectivity index (χ3n) is 4.04. The molecule has 0 spiro atoms. The van der Waals surface area contributed by atoms with Gasteiger partial charge in [0, 0.05) is 4.88 Å². The van der Waals surface area contributed by atoms with Crippen LogP contribution in [-0.2, 0) is 12.8 Å². The van der Waals surface area contributed by atoms with E-state index in [0.29, 0.717) is 0 Å². The second-order valence-corrected chi connectivity index (χ2v) is 7.12. The van der Waals surface area contributed by atoms with E-state index in [1.54, 1.807) is 11.3 Å². The Morgan fingerprint density at radius 3 is 2.65 bits per heavy atom. The number of hydrogen-bond acceptors (Lipinski definition) is 3. The zero-order valence-corrected chi connectivity index (χ0v) is 13.3. The highest BCUT2D eigenvalue weighted by molar-refractivity contribution is 7.14. The highest BCUT2D eigenvalue weighted by Gasteiger charge is 2.19. The molecule has 1 unspecified atom stereocenters. The summed E-state index contributed by atoms with van der Waals surface area (Å²) >= 11 is 1.64. The first-order chi connectivity index (χ1) is 9.61. The van der Waals surface area contributed by atoms with Crippen molar-refractivity contribution in [2.75, 3.05) is 6.61 Å². The van der Waals surface area contributed by atoms with Gasteiger partial charge in [-0.3, -0.25) is 4.79 Å². The molecule has 1 aliphatic carbocycles. The summed E-state index contributed by atoms with van der Waals surface area (Å²) in [6.45, 7) is 4.01. The molecule has 112 valence electrons. The van der Waals surface area contributed by atoms with Crippen LogP contribution in [-0.4, -0.2) is 23.7 Å². The summed E-state index contributed by atoms with van der Waals surface area (Å²) in [5.74, 6) is 0.208. The average molecular weight is 295 g/mol. The average Bonchev–Trinajstić information content (AvgIpc) is 2.78. The lowest BCUT2D eigenvalue weighted by Crippen LogP contribution is -2.40. The molecule has 20 heavy (non-hydrogen) atoms. The standard InChI is InChI=1S/C16H25NO2S/c1-11(2)13(10-18)17-16(19)15-9-12-7-5-3-4-6-8-14(12)20-15/h9,11,13,18H,3-8,10H2,1-2H3,(H,17,19). The van der Waals surface area contributed by atoms with E-state index >= 15 is 0 Å². The van der Waals surface area contributed by atoms with Crippen molar-refractivity contribution in [1.29, 1.82) is 0 Å². The molecule has 2 N–H and O–H groups in total. The second-order valence-electron chi connectivity index (χ2n) is 5.98. The van der Waals surface area contributed by atoms with Crippen LogP contribution in [0.2, 0.25) is 0 Å². The maximum Gasteiger partial charge on any atom is 0.261 e. The first kappa shape index (κ1) is 15.5. The summed E-state index contributed by atoms with van der Waals surface area (Å²) in [6.07, 6.45) is 7.29. The minimum atomic E-state index is -0.160. The Morgan fingerprint density at radius 2 is 2.00 bits per heavy atom. The number of carbonyl (C=O) groups excluding carboxylic acids is 1. The molecule has 4 heteroatoms. The first-order valence-electron chi connectivity index (χ1n) is 7.65. The van der Waals surface area contributed by atoms with Gasteiger partial charge in [0.25, 0.3) is 5.91 Å². The maximum absolute atomic E-state index is 12.3. The van der Waals surface area contributed by atoms with Crippen LogP contribution in [0.3, 0.4) is 0 Å². The summed E-state index contributed by atoms with van der Waals surface area (Å²) in [4.78, 5) is 14.5. The van der Waals surface area contributed by atoms with Crippen molar-refractivity contribution in [3.05, 3.63) is 21.4 Å². The highest BCUT2D eigenvalue weighted by atomic mass is 32.1. The second kappa shape index (κ2) is 7.23. The van der Waals surface area contributed by atoms with Crippen molar-refractivity contribution >= 4 is 17.2 Å². The molecule has 0 aromatic carbocycles. The topological polar surface area (TPSA) is 49.3 Å². The van der Waals surface area contributed by atoms with Crippen molar-refractivity contribution < 1.29 is 9.90 Å². The number of aliphatic hydroxyl groups excluding tert-OH is 1. The number of hydrogen-bond donors (Lipinski definition) is 2. The Bertz CT molecular complexity index is 428. The van der Waals surface area contributed by atoms with Crippen molar-refractivity contribution in [2.45, 2.75) is 58.4 Å². The Balaban J connectivity index is 2.08. The van der Waals surface area contributed by atoms with Crippen LogP contribution in [0.5, 0.6) is 0 Å². The van der Waals surface area contributed by atoms with Crippen molar-refractivity contribution in [3.63, 3.8) is 0 Å². The van der Waals surface area contributed by atoms with Gasteiger partial charge in [-0.05, 0) is 43.2 Å². The molecule has 1 amide bonds. The molecule has 1 heterocycles. The van der Waals surface area contributed by atoms with Crippen LogP contribution in [0, 0.1) is 5.92 Å². The molecule has 3 nitrogen and oxygen atoms in total. The fourth-order valence-electron chi connectivity index (χ4n) is 2.62. The molecule has 1 aromatic rings. The van der Waals surface area contributed by atoms with Crippen LogP contribution in [0.1, 0.15) is 59.6 Å². The number of amides is 1. The van der Waals surface area contributed by atoms with Crippen LogP contribution in [0.25, 0.3) is 0 Å². The van der Waals surface area contributed by atoms with Crippen molar-refractivity contribution in [1.82, 2.24) is 5.32 Å². The Morgan fingerprint density at radius 1 is 1.30 bits per heavy atom. The van der Waals surface area contributed by atoms with Crippen LogP contribution >= 0.6 is 11.3 Å². The third-order valence-corrected chi connectivity index (χ3v) is 5.27. The van der Waals surface area contributed by atoms with Crippen LogP contribution < -0.4 is 5.32 Å². The summed E-state index contributed by atoms with van der Waals surface area (Å²) in [5, 5.41) is 12.3. The largest absolute Gasteiger partial charge is 0.394 e. The number of rotatable bonds is 4. The van der Waals surface area contributed by atoms with Gasteiger partial charge in [-0.2, -0.15) is 0 Å². The van der Waals surface area contributed by atoms with Gasteiger partial charge in [0.05, 0.1) is 17.5 Å². The van der Waals surface area contributed by atoms with E-state index in [9.17, 15) is 9.90 Å². The van der Waals surface area contributed by atoms with Gasteiger partial charge in [-0.1, -0.05) is 26.7 Å². The Hall–Kier alpha value is -0.870. The molecule has 1 aromatic heterocycles.